The fourth-order valence-electron chi connectivity index (χ4n) is 4.64. The summed E-state index contributed by atoms with van der Waals surface area (Å²) in [6, 6.07) is 22.1. The summed E-state index contributed by atoms with van der Waals surface area (Å²) in [5, 5.41) is 7.10. The highest BCUT2D eigenvalue weighted by Gasteiger charge is 2.39. The molecule has 0 nitrogen and oxygen atoms in total. The molecule has 0 saturated heterocycles. The minimum absolute atomic E-state index is 0.854. The van der Waals surface area contributed by atoms with Gasteiger partial charge >= 0.3 is 0 Å². The molecule has 0 unspecified atom stereocenters. The lowest BCUT2D eigenvalue weighted by Gasteiger charge is -2.38. The minimum Gasteiger partial charge on any atom is -0.0682 e. The van der Waals surface area contributed by atoms with Crippen LogP contribution < -0.4 is 20.7 Å². The second kappa shape index (κ2) is 10.6. The van der Waals surface area contributed by atoms with Gasteiger partial charge in [-0.3, -0.25) is 0 Å². The van der Waals surface area contributed by atoms with Crippen LogP contribution in [0.5, 0.6) is 0 Å². The van der Waals surface area contributed by atoms with E-state index in [-0.39, 0.29) is 0 Å². The molecule has 0 amide bonds. The lowest BCUT2D eigenvalue weighted by molar-refractivity contribution is 0.838. The summed E-state index contributed by atoms with van der Waals surface area (Å²) in [4.78, 5) is 0. The Morgan fingerprint density at radius 2 is 1.00 bits per heavy atom. The molecular formula is C24H40Si3. The largest absolute Gasteiger partial charge is 0.117 e. The van der Waals surface area contributed by atoms with Crippen LogP contribution in [0.25, 0.3) is 0 Å². The van der Waals surface area contributed by atoms with Crippen molar-refractivity contribution in [2.45, 2.75) is 77.8 Å². The van der Waals surface area contributed by atoms with E-state index in [4.69, 9.17) is 0 Å². The highest BCUT2D eigenvalue weighted by molar-refractivity contribution is 7.07. The molecule has 0 saturated carbocycles. The van der Waals surface area contributed by atoms with Crippen molar-refractivity contribution >= 4 is 46.4 Å². The molecule has 0 atom stereocenters. The van der Waals surface area contributed by atoms with Crippen LogP contribution in [0, 0.1) is 0 Å². The number of rotatable bonds is 10. The Morgan fingerprint density at radius 3 is 1.33 bits per heavy atom. The van der Waals surface area contributed by atoms with E-state index in [0.29, 0.717) is 0 Å². The molecule has 0 spiro atoms. The van der Waals surface area contributed by atoms with E-state index in [0.717, 1.165) is 0 Å². The summed E-state index contributed by atoms with van der Waals surface area (Å²) in [6.07, 6.45) is 5.36. The van der Waals surface area contributed by atoms with E-state index in [1.807, 2.05) is 0 Å². The molecule has 0 N–H and O–H groups in total. The summed E-state index contributed by atoms with van der Waals surface area (Å²) in [5.41, 5.74) is 0. The van der Waals surface area contributed by atoms with Crippen LogP contribution in [0.15, 0.2) is 48.5 Å². The van der Waals surface area contributed by atoms with Crippen molar-refractivity contribution < 1.29 is 0 Å². The van der Waals surface area contributed by atoms with Crippen molar-refractivity contribution in [1.29, 1.82) is 0 Å². The van der Waals surface area contributed by atoms with Crippen molar-refractivity contribution in [2.24, 2.45) is 0 Å². The first-order valence-corrected chi connectivity index (χ1v) is 19.4. The first kappa shape index (κ1) is 22.4. The molecule has 27 heavy (non-hydrogen) atoms. The fourth-order valence-corrected chi connectivity index (χ4v) is 16.1. The van der Waals surface area contributed by atoms with E-state index in [2.05, 4.69) is 88.6 Å². The Bertz CT molecular complexity index is 645. The van der Waals surface area contributed by atoms with E-state index < -0.39 is 25.7 Å². The van der Waals surface area contributed by atoms with E-state index in [1.54, 1.807) is 20.7 Å². The molecule has 0 aliphatic heterocycles. The van der Waals surface area contributed by atoms with Crippen LogP contribution >= 0.6 is 0 Å². The zero-order valence-corrected chi connectivity index (χ0v) is 21.8. The highest BCUT2D eigenvalue weighted by Crippen LogP contribution is 2.22. The normalized spacial score (nSPS) is 12.1. The van der Waals surface area contributed by atoms with Gasteiger partial charge in [0.15, 0.2) is 0 Å². The topological polar surface area (TPSA) is 0 Å². The number of hydrogen-bond acceptors (Lipinski definition) is 0. The molecule has 3 heteroatoms. The van der Waals surface area contributed by atoms with Crippen molar-refractivity contribution in [3.05, 3.63) is 48.5 Å². The van der Waals surface area contributed by atoms with Gasteiger partial charge in [-0.25, -0.2) is 0 Å². The molecule has 148 valence electrons. The third-order valence-corrected chi connectivity index (χ3v) is 15.6. The second-order valence-corrected chi connectivity index (χ2v) is 18.9. The van der Waals surface area contributed by atoms with Crippen LogP contribution in [0.4, 0.5) is 0 Å². The Labute approximate surface area is 172 Å². The van der Waals surface area contributed by atoms with Crippen molar-refractivity contribution in [3.63, 3.8) is 0 Å². The molecular weight excluding hydrogens is 373 g/mol. The molecule has 0 bridgehead atoms. The molecule has 0 heterocycles. The maximum absolute atomic E-state index is 2.54. The Morgan fingerprint density at radius 1 is 0.630 bits per heavy atom. The van der Waals surface area contributed by atoms with E-state index in [1.165, 1.54) is 37.8 Å². The lowest BCUT2D eigenvalue weighted by atomic mass is 10.3. The maximum atomic E-state index is 2.54. The molecule has 0 aliphatic carbocycles. The third-order valence-electron chi connectivity index (χ3n) is 6.11. The summed E-state index contributed by atoms with van der Waals surface area (Å²) >= 11 is 0. The van der Waals surface area contributed by atoms with Crippen LogP contribution in [0.3, 0.4) is 0 Å². The average molecular weight is 413 g/mol. The van der Waals surface area contributed by atoms with Gasteiger partial charge in [0.2, 0.25) is 0 Å². The summed E-state index contributed by atoms with van der Waals surface area (Å²) < 4.78 is 0. The lowest BCUT2D eigenvalue weighted by Crippen LogP contribution is -2.68. The van der Waals surface area contributed by atoms with Gasteiger partial charge in [0.1, 0.15) is 8.07 Å². The predicted molar refractivity (Wildman–Crippen MR) is 134 cm³/mol. The zero-order valence-electron chi connectivity index (χ0n) is 18.5. The van der Waals surface area contributed by atoms with Crippen LogP contribution in [0.2, 0.25) is 38.3 Å². The Kier molecular flexibility index (Phi) is 8.77. The smallest absolute Gasteiger partial charge is 0.0682 e. The number of benzene rings is 2. The van der Waals surface area contributed by atoms with Gasteiger partial charge in [0.25, 0.3) is 0 Å². The molecule has 0 fully saturated rings. The van der Waals surface area contributed by atoms with Crippen LogP contribution in [-0.2, 0) is 0 Å². The summed E-state index contributed by atoms with van der Waals surface area (Å²) in [5.74, 6) is 0. The van der Waals surface area contributed by atoms with Gasteiger partial charge < -0.3 is 0 Å². The van der Waals surface area contributed by atoms with Gasteiger partial charge in [0, 0.05) is 0 Å². The van der Waals surface area contributed by atoms with Gasteiger partial charge in [0.05, 0.1) is 17.6 Å². The fraction of sp³-hybridized carbons (Fsp3) is 0.500. The quantitative estimate of drug-likeness (QED) is 0.512. The van der Waals surface area contributed by atoms with Gasteiger partial charge in [-0.1, -0.05) is 135 Å². The predicted octanol–water partition coefficient (Wildman–Crippen LogP) is 4.24. The average Bonchev–Trinajstić information content (AvgIpc) is 2.68. The van der Waals surface area contributed by atoms with Crippen LogP contribution in [0.1, 0.15) is 39.5 Å². The Balaban J connectivity index is 2.79. The standard InChI is InChI=1S/C24H40Si3/c1-7-9-19-27(20-10-8-2,23-17-13-11-15-21(23)25(3)4)24-18-14-12-16-22(24)26(5)6/h11-18,25-26H,7-10,19-20H2,1-6H3. The van der Waals surface area contributed by atoms with Gasteiger partial charge in [-0.2, -0.15) is 0 Å². The highest BCUT2D eigenvalue weighted by atomic mass is 28.3. The molecule has 2 rings (SSSR count). The third kappa shape index (κ3) is 5.13. The van der Waals surface area contributed by atoms with Gasteiger partial charge in [-0.15, -0.1) is 0 Å². The first-order chi connectivity index (χ1) is 13.0. The molecule has 0 radical (unpaired) electrons. The van der Waals surface area contributed by atoms with Crippen molar-refractivity contribution in [1.82, 2.24) is 0 Å². The van der Waals surface area contributed by atoms with Gasteiger partial charge in [-0.05, 0) is 12.1 Å². The van der Waals surface area contributed by atoms with Crippen molar-refractivity contribution in [2.75, 3.05) is 0 Å². The van der Waals surface area contributed by atoms with Crippen LogP contribution in [-0.4, -0.2) is 25.7 Å². The van der Waals surface area contributed by atoms with Crippen molar-refractivity contribution in [3.8, 4) is 0 Å². The Hall–Kier alpha value is -0.909. The first-order valence-electron chi connectivity index (χ1n) is 11.2. The summed E-state index contributed by atoms with van der Waals surface area (Å²) in [6.45, 7) is 14.8. The molecule has 0 aromatic heterocycles. The van der Waals surface area contributed by atoms with E-state index >= 15 is 0 Å². The molecule has 2 aromatic rings. The molecule has 2 aromatic carbocycles. The number of unbranched alkanes of at least 4 members (excludes halogenated alkanes) is 2. The molecule has 0 aliphatic rings. The SMILES string of the molecule is CCCC[Si](CCCC)(c1ccccc1[SiH](C)C)c1ccccc1[SiH](C)C. The van der Waals surface area contributed by atoms with E-state index in [9.17, 15) is 0 Å². The maximum Gasteiger partial charge on any atom is 0.117 e. The number of hydrogen-bond donors (Lipinski definition) is 0. The zero-order chi connectivity index (χ0) is 19.9. The summed E-state index contributed by atoms with van der Waals surface area (Å²) in [7, 11) is -3.44. The second-order valence-electron chi connectivity index (χ2n) is 8.77. The minimum atomic E-state index is -1.73. The monoisotopic (exact) mass is 412 g/mol.